The van der Waals surface area contributed by atoms with Crippen LogP contribution in [0.25, 0.3) is 0 Å². The highest BCUT2D eigenvalue weighted by Gasteiger charge is 2.17. The van der Waals surface area contributed by atoms with Gasteiger partial charge in [0.1, 0.15) is 0 Å². The molecule has 0 unspecified atom stereocenters. The molecule has 0 bridgehead atoms. The number of sulfonamides is 1. The first kappa shape index (κ1) is 15.5. The number of anilines is 1. The molecule has 1 amide bonds. The average Bonchev–Trinajstić information content (AvgIpc) is 2.54. The Kier molecular flexibility index (Phi) is 4.44. The van der Waals surface area contributed by atoms with Crippen LogP contribution in [-0.4, -0.2) is 21.4 Å². The normalized spacial score (nSPS) is 10.5. The second-order valence-corrected chi connectivity index (χ2v) is 6.05. The number of nitrogens with zero attached hydrogens (tertiary/aromatic N) is 1. The fraction of sp³-hybridized carbons (Fsp3) is 0.0667. The second kappa shape index (κ2) is 6.28. The number of hydrogen-bond acceptors (Lipinski definition) is 4. The van der Waals surface area contributed by atoms with Gasteiger partial charge >= 0.3 is 0 Å². The number of carbonyl (C=O) groups excluding carboxylic acids is 1. The fourth-order valence-corrected chi connectivity index (χ4v) is 2.90. The molecule has 6 nitrogen and oxygen atoms in total. The van der Waals surface area contributed by atoms with E-state index in [9.17, 15) is 13.2 Å². The summed E-state index contributed by atoms with van der Waals surface area (Å²) in [5, 5.41) is 11.2. The van der Waals surface area contributed by atoms with E-state index in [0.717, 1.165) is 0 Å². The zero-order valence-corrected chi connectivity index (χ0v) is 12.5. The van der Waals surface area contributed by atoms with Gasteiger partial charge in [-0.25, -0.2) is 8.42 Å². The van der Waals surface area contributed by atoms with Crippen molar-refractivity contribution in [2.45, 2.75) is 4.90 Å². The first-order valence-corrected chi connectivity index (χ1v) is 7.80. The Balaban J connectivity index is 2.37. The summed E-state index contributed by atoms with van der Waals surface area (Å²) in [4.78, 5) is 11.8. The van der Waals surface area contributed by atoms with Gasteiger partial charge in [0.2, 0.25) is 0 Å². The Labute approximate surface area is 128 Å². The molecule has 7 heteroatoms. The zero-order valence-electron chi connectivity index (χ0n) is 11.7. The van der Waals surface area contributed by atoms with E-state index < -0.39 is 15.9 Å². The summed E-state index contributed by atoms with van der Waals surface area (Å²) in [6, 6.07) is 13.7. The lowest BCUT2D eigenvalue weighted by atomic mass is 10.2. The predicted molar refractivity (Wildman–Crippen MR) is 81.8 cm³/mol. The van der Waals surface area contributed by atoms with Crippen LogP contribution in [0, 0.1) is 11.3 Å². The molecule has 0 aliphatic carbocycles. The summed E-state index contributed by atoms with van der Waals surface area (Å²) in [7, 11) is -2.38. The Bertz CT molecular complexity index is 837. The maximum absolute atomic E-state index is 12.3. The van der Waals surface area contributed by atoms with Gasteiger partial charge in [-0.3, -0.25) is 9.52 Å². The van der Waals surface area contributed by atoms with Crippen LogP contribution in [0.5, 0.6) is 0 Å². The number of benzene rings is 2. The molecule has 0 saturated heterocycles. The van der Waals surface area contributed by atoms with Crippen molar-refractivity contribution in [3.8, 4) is 6.07 Å². The van der Waals surface area contributed by atoms with Crippen molar-refractivity contribution in [2.24, 2.45) is 0 Å². The molecule has 0 spiro atoms. The molecule has 112 valence electrons. The smallest absolute Gasteiger partial charge is 0.261 e. The van der Waals surface area contributed by atoms with Gasteiger partial charge in [-0.2, -0.15) is 5.26 Å². The lowest BCUT2D eigenvalue weighted by Gasteiger charge is -2.11. The Morgan fingerprint density at radius 1 is 1.09 bits per heavy atom. The number of nitrogens with one attached hydrogen (secondary N) is 2. The van der Waals surface area contributed by atoms with Crippen LogP contribution in [0.1, 0.15) is 15.9 Å². The number of hydrogen-bond donors (Lipinski definition) is 2. The predicted octanol–water partition coefficient (Wildman–Crippen LogP) is 1.72. The van der Waals surface area contributed by atoms with Crippen LogP contribution in [-0.2, 0) is 10.0 Å². The first-order chi connectivity index (χ1) is 10.5. The topological polar surface area (TPSA) is 99.1 Å². The highest BCUT2D eigenvalue weighted by atomic mass is 32.2. The Morgan fingerprint density at radius 3 is 2.32 bits per heavy atom. The number of rotatable bonds is 4. The maximum Gasteiger partial charge on any atom is 0.261 e. The molecule has 0 heterocycles. The third-order valence-corrected chi connectivity index (χ3v) is 4.32. The molecule has 0 aliphatic heterocycles. The zero-order chi connectivity index (χ0) is 16.2. The van der Waals surface area contributed by atoms with Crippen LogP contribution in [0.4, 0.5) is 5.69 Å². The van der Waals surface area contributed by atoms with E-state index in [1.165, 1.54) is 43.4 Å². The molecule has 0 radical (unpaired) electrons. The molecule has 2 aromatic rings. The quantitative estimate of drug-likeness (QED) is 0.897. The minimum absolute atomic E-state index is 0.0122. The number of amides is 1. The van der Waals surface area contributed by atoms with Gasteiger partial charge in [-0.05, 0) is 36.4 Å². The van der Waals surface area contributed by atoms with Crippen LogP contribution in [0.15, 0.2) is 53.4 Å². The third-order valence-electron chi connectivity index (χ3n) is 2.94. The van der Waals surface area contributed by atoms with E-state index >= 15 is 0 Å². The average molecular weight is 315 g/mol. The van der Waals surface area contributed by atoms with Gasteiger partial charge in [-0.15, -0.1) is 0 Å². The summed E-state index contributed by atoms with van der Waals surface area (Å²) in [6.07, 6.45) is 0. The van der Waals surface area contributed by atoms with Gasteiger partial charge in [0.25, 0.3) is 15.9 Å². The number of carbonyl (C=O) groups is 1. The second-order valence-electron chi connectivity index (χ2n) is 4.37. The van der Waals surface area contributed by atoms with E-state index in [-0.39, 0.29) is 16.1 Å². The Morgan fingerprint density at radius 2 is 1.73 bits per heavy atom. The molecule has 0 fully saturated rings. The van der Waals surface area contributed by atoms with Crippen molar-refractivity contribution < 1.29 is 13.2 Å². The van der Waals surface area contributed by atoms with Crippen molar-refractivity contribution in [1.82, 2.24) is 5.32 Å². The van der Waals surface area contributed by atoms with Gasteiger partial charge in [0.05, 0.1) is 27.8 Å². The summed E-state index contributed by atoms with van der Waals surface area (Å²) in [5.41, 5.74) is 0.776. The molecule has 2 N–H and O–H groups in total. The summed E-state index contributed by atoms with van der Waals surface area (Å²) in [6.45, 7) is 0. The van der Waals surface area contributed by atoms with Crippen molar-refractivity contribution in [1.29, 1.82) is 5.26 Å². The maximum atomic E-state index is 12.3. The molecular weight excluding hydrogens is 302 g/mol. The van der Waals surface area contributed by atoms with Gasteiger partial charge in [0, 0.05) is 7.05 Å². The molecular formula is C15H13N3O3S. The van der Waals surface area contributed by atoms with E-state index in [0.29, 0.717) is 5.56 Å². The fourth-order valence-electron chi connectivity index (χ4n) is 1.82. The van der Waals surface area contributed by atoms with Crippen molar-refractivity contribution in [3.63, 3.8) is 0 Å². The highest BCUT2D eigenvalue weighted by Crippen LogP contribution is 2.20. The van der Waals surface area contributed by atoms with Crippen LogP contribution < -0.4 is 10.0 Å². The molecule has 2 rings (SSSR count). The molecule has 0 aliphatic rings. The SMILES string of the molecule is CNC(=O)c1ccccc1NS(=O)(=O)c1ccc(C#N)cc1. The molecule has 22 heavy (non-hydrogen) atoms. The monoisotopic (exact) mass is 315 g/mol. The van der Waals surface area contributed by atoms with Crippen LogP contribution in [0.2, 0.25) is 0 Å². The molecule has 0 atom stereocenters. The molecule has 2 aromatic carbocycles. The lowest BCUT2D eigenvalue weighted by molar-refractivity contribution is 0.0964. The third kappa shape index (κ3) is 3.24. The van der Waals surface area contributed by atoms with E-state index in [1.54, 1.807) is 12.1 Å². The van der Waals surface area contributed by atoms with Gasteiger partial charge in [-0.1, -0.05) is 12.1 Å². The lowest BCUT2D eigenvalue weighted by Crippen LogP contribution is -2.21. The molecule has 0 aromatic heterocycles. The summed E-state index contributed by atoms with van der Waals surface area (Å²) in [5.74, 6) is -0.391. The number of para-hydroxylation sites is 1. The van der Waals surface area contributed by atoms with E-state index in [2.05, 4.69) is 10.0 Å². The van der Waals surface area contributed by atoms with Crippen molar-refractivity contribution in [2.75, 3.05) is 11.8 Å². The summed E-state index contributed by atoms with van der Waals surface area (Å²) < 4.78 is 27.1. The number of nitriles is 1. The van der Waals surface area contributed by atoms with Crippen molar-refractivity contribution >= 4 is 21.6 Å². The minimum atomic E-state index is -3.84. The standard InChI is InChI=1S/C15H13N3O3S/c1-17-15(19)13-4-2-3-5-14(13)18-22(20,21)12-8-6-11(10-16)7-9-12/h2-9,18H,1H3,(H,17,19). The first-order valence-electron chi connectivity index (χ1n) is 6.32. The molecule has 0 saturated carbocycles. The van der Waals surface area contributed by atoms with Crippen molar-refractivity contribution in [3.05, 3.63) is 59.7 Å². The van der Waals surface area contributed by atoms with Crippen LogP contribution >= 0.6 is 0 Å². The van der Waals surface area contributed by atoms with Gasteiger partial charge in [0.15, 0.2) is 0 Å². The Hall–Kier alpha value is -2.85. The van der Waals surface area contributed by atoms with Gasteiger partial charge < -0.3 is 5.32 Å². The van der Waals surface area contributed by atoms with E-state index in [1.807, 2.05) is 6.07 Å². The summed E-state index contributed by atoms with van der Waals surface area (Å²) >= 11 is 0. The minimum Gasteiger partial charge on any atom is -0.355 e. The highest BCUT2D eigenvalue weighted by molar-refractivity contribution is 7.92. The van der Waals surface area contributed by atoms with E-state index in [4.69, 9.17) is 5.26 Å². The van der Waals surface area contributed by atoms with Crippen LogP contribution in [0.3, 0.4) is 0 Å². The largest absolute Gasteiger partial charge is 0.355 e.